The van der Waals surface area contributed by atoms with E-state index in [-0.39, 0.29) is 11.6 Å². The second-order valence-corrected chi connectivity index (χ2v) is 5.93. The Kier molecular flexibility index (Phi) is 4.89. The van der Waals surface area contributed by atoms with Crippen LogP contribution in [0.4, 0.5) is 10.1 Å². The smallest absolute Gasteiger partial charge is 0.230 e. The lowest BCUT2D eigenvalue weighted by Crippen LogP contribution is -2.46. The Morgan fingerprint density at radius 1 is 1.21 bits per heavy atom. The van der Waals surface area contributed by atoms with Gasteiger partial charge in [-0.3, -0.25) is 9.69 Å². The summed E-state index contributed by atoms with van der Waals surface area (Å²) in [5, 5.41) is 8.00. The number of Topliss-reactive ketones (excluding diaryl/α,β-unsaturated/α-hetero) is 1. The van der Waals surface area contributed by atoms with Crippen LogP contribution in [0.3, 0.4) is 0 Å². The molecular weight excluding hydrogens is 311 g/mol. The highest BCUT2D eigenvalue weighted by Crippen LogP contribution is 2.22. The molecule has 128 valence electrons. The van der Waals surface area contributed by atoms with Crippen LogP contribution in [0.2, 0.25) is 0 Å². The molecule has 6 nitrogen and oxygen atoms in total. The maximum Gasteiger partial charge on any atom is 0.230 e. The van der Waals surface area contributed by atoms with Crippen molar-refractivity contribution in [2.75, 3.05) is 31.1 Å². The molecule has 0 saturated carbocycles. The van der Waals surface area contributed by atoms with Crippen molar-refractivity contribution in [3.63, 3.8) is 0 Å². The van der Waals surface area contributed by atoms with Gasteiger partial charge in [-0.1, -0.05) is 6.92 Å². The molecule has 0 aliphatic carbocycles. The number of aryl methyl sites for hydroxylation is 1. The van der Waals surface area contributed by atoms with Crippen molar-refractivity contribution in [3.8, 4) is 0 Å². The normalized spacial score (nSPS) is 15.7. The third-order valence-corrected chi connectivity index (χ3v) is 4.24. The first-order chi connectivity index (χ1) is 11.6. The van der Waals surface area contributed by atoms with Gasteiger partial charge < -0.3 is 9.32 Å². The van der Waals surface area contributed by atoms with E-state index < -0.39 is 0 Å². The highest BCUT2D eigenvalue weighted by molar-refractivity contribution is 5.94. The topological polar surface area (TPSA) is 62.5 Å². The van der Waals surface area contributed by atoms with E-state index in [9.17, 15) is 9.18 Å². The zero-order valence-electron chi connectivity index (χ0n) is 14.0. The van der Waals surface area contributed by atoms with Gasteiger partial charge in [0.25, 0.3) is 0 Å². The van der Waals surface area contributed by atoms with Crippen LogP contribution in [-0.4, -0.2) is 47.1 Å². The molecule has 1 aromatic heterocycles. The van der Waals surface area contributed by atoms with Gasteiger partial charge in [-0.15, -0.1) is 10.2 Å². The molecule has 1 aromatic carbocycles. The first kappa shape index (κ1) is 16.6. The number of ketones is 1. The molecule has 1 aliphatic rings. The minimum atomic E-state index is -0.347. The van der Waals surface area contributed by atoms with E-state index >= 15 is 0 Å². The molecule has 0 amide bonds. The fourth-order valence-corrected chi connectivity index (χ4v) is 2.82. The maximum atomic E-state index is 14.2. The number of benzene rings is 1. The Morgan fingerprint density at radius 2 is 1.92 bits per heavy atom. The summed E-state index contributed by atoms with van der Waals surface area (Å²) in [5.74, 6) is 0.797. The predicted octanol–water partition coefficient (Wildman–Crippen LogP) is 2.30. The van der Waals surface area contributed by atoms with E-state index in [0.29, 0.717) is 42.7 Å². The molecule has 1 aliphatic heterocycles. The lowest BCUT2D eigenvalue weighted by molar-refractivity contribution is 0.101. The molecule has 3 rings (SSSR count). The summed E-state index contributed by atoms with van der Waals surface area (Å²) in [4.78, 5) is 15.5. The van der Waals surface area contributed by atoms with Crippen molar-refractivity contribution in [2.24, 2.45) is 0 Å². The third kappa shape index (κ3) is 3.62. The van der Waals surface area contributed by atoms with E-state index in [1.54, 1.807) is 12.1 Å². The molecule has 7 heteroatoms. The Bertz CT molecular complexity index is 723. The molecule has 0 N–H and O–H groups in total. The second-order valence-electron chi connectivity index (χ2n) is 5.93. The number of nitrogens with zero attached hydrogens (tertiary/aromatic N) is 4. The minimum absolute atomic E-state index is 0.128. The van der Waals surface area contributed by atoms with Gasteiger partial charge in [0.2, 0.25) is 11.8 Å². The van der Waals surface area contributed by atoms with Crippen molar-refractivity contribution in [1.29, 1.82) is 0 Å². The largest absolute Gasteiger partial charge is 0.424 e. The van der Waals surface area contributed by atoms with Crippen molar-refractivity contribution in [2.45, 2.75) is 26.8 Å². The first-order valence-corrected chi connectivity index (χ1v) is 8.16. The second kappa shape index (κ2) is 7.09. The lowest BCUT2D eigenvalue weighted by atomic mass is 10.1. The monoisotopic (exact) mass is 332 g/mol. The SMILES string of the molecule is CCc1nnc(CN2CCN(c3ccc(C(C)=O)cc3F)CC2)o1. The molecule has 0 radical (unpaired) electrons. The van der Waals surface area contributed by atoms with Crippen LogP contribution >= 0.6 is 0 Å². The summed E-state index contributed by atoms with van der Waals surface area (Å²) in [6.45, 7) is 7.04. The number of anilines is 1. The molecule has 0 bridgehead atoms. The van der Waals surface area contributed by atoms with Crippen LogP contribution in [0, 0.1) is 5.82 Å². The van der Waals surface area contributed by atoms with Gasteiger partial charge in [-0.2, -0.15) is 0 Å². The Balaban J connectivity index is 1.59. The van der Waals surface area contributed by atoms with Gasteiger partial charge in [0.05, 0.1) is 12.2 Å². The Morgan fingerprint density at radius 3 is 2.50 bits per heavy atom. The number of carbonyl (C=O) groups is 1. The predicted molar refractivity (Wildman–Crippen MR) is 87.6 cm³/mol. The van der Waals surface area contributed by atoms with Crippen LogP contribution in [0.25, 0.3) is 0 Å². The van der Waals surface area contributed by atoms with Gasteiger partial charge in [-0.05, 0) is 25.1 Å². The summed E-state index contributed by atoms with van der Waals surface area (Å²) < 4.78 is 19.8. The van der Waals surface area contributed by atoms with Crippen molar-refractivity contribution in [1.82, 2.24) is 15.1 Å². The quantitative estimate of drug-likeness (QED) is 0.783. The van der Waals surface area contributed by atoms with Crippen LogP contribution in [0.5, 0.6) is 0 Å². The summed E-state index contributed by atoms with van der Waals surface area (Å²) in [6.07, 6.45) is 0.732. The van der Waals surface area contributed by atoms with E-state index in [0.717, 1.165) is 19.5 Å². The highest BCUT2D eigenvalue weighted by Gasteiger charge is 2.21. The molecular formula is C17H21FN4O2. The fourth-order valence-electron chi connectivity index (χ4n) is 2.82. The van der Waals surface area contributed by atoms with E-state index in [1.807, 2.05) is 11.8 Å². The van der Waals surface area contributed by atoms with Crippen molar-refractivity contribution >= 4 is 11.5 Å². The van der Waals surface area contributed by atoms with Gasteiger partial charge in [0.1, 0.15) is 5.82 Å². The first-order valence-electron chi connectivity index (χ1n) is 8.16. The Labute approximate surface area is 140 Å². The molecule has 2 heterocycles. The van der Waals surface area contributed by atoms with Crippen LogP contribution in [-0.2, 0) is 13.0 Å². The van der Waals surface area contributed by atoms with E-state index in [4.69, 9.17) is 4.42 Å². The molecule has 2 aromatic rings. The molecule has 24 heavy (non-hydrogen) atoms. The number of hydrogen-bond donors (Lipinski definition) is 0. The number of halogens is 1. The summed E-state index contributed by atoms with van der Waals surface area (Å²) in [5.41, 5.74) is 0.948. The standard InChI is InChI=1S/C17H21FN4O2/c1-3-16-19-20-17(24-16)11-21-6-8-22(9-7-21)15-5-4-13(12(2)23)10-14(15)18/h4-5,10H,3,6-9,11H2,1-2H3. The summed E-state index contributed by atoms with van der Waals surface area (Å²) in [7, 11) is 0. The van der Waals surface area contributed by atoms with Crippen molar-refractivity contribution < 1.29 is 13.6 Å². The van der Waals surface area contributed by atoms with Crippen molar-refractivity contribution in [3.05, 3.63) is 41.4 Å². The highest BCUT2D eigenvalue weighted by atomic mass is 19.1. The van der Waals surface area contributed by atoms with E-state index in [2.05, 4.69) is 15.1 Å². The zero-order chi connectivity index (χ0) is 17.1. The number of carbonyl (C=O) groups excluding carboxylic acids is 1. The van der Waals surface area contributed by atoms with Crippen LogP contribution in [0.15, 0.2) is 22.6 Å². The molecule has 0 atom stereocenters. The maximum absolute atomic E-state index is 14.2. The molecule has 1 saturated heterocycles. The van der Waals surface area contributed by atoms with Gasteiger partial charge in [-0.25, -0.2) is 4.39 Å². The average Bonchev–Trinajstić information content (AvgIpc) is 3.03. The van der Waals surface area contributed by atoms with Gasteiger partial charge in [0.15, 0.2) is 5.78 Å². The zero-order valence-corrected chi connectivity index (χ0v) is 14.0. The van der Waals surface area contributed by atoms with Gasteiger partial charge in [0, 0.05) is 38.2 Å². The summed E-state index contributed by atoms with van der Waals surface area (Å²) in [6, 6.07) is 4.68. The molecule has 1 fully saturated rings. The van der Waals surface area contributed by atoms with Gasteiger partial charge >= 0.3 is 0 Å². The lowest BCUT2D eigenvalue weighted by Gasteiger charge is -2.35. The summed E-state index contributed by atoms with van der Waals surface area (Å²) >= 11 is 0. The molecule has 0 unspecified atom stereocenters. The Hall–Kier alpha value is -2.28. The number of hydrogen-bond acceptors (Lipinski definition) is 6. The van der Waals surface area contributed by atoms with Crippen LogP contribution in [0.1, 0.15) is 36.0 Å². The minimum Gasteiger partial charge on any atom is -0.424 e. The molecule has 0 spiro atoms. The average molecular weight is 332 g/mol. The third-order valence-electron chi connectivity index (χ3n) is 4.24. The number of piperazine rings is 1. The number of rotatable bonds is 5. The van der Waals surface area contributed by atoms with E-state index in [1.165, 1.54) is 13.0 Å². The number of aromatic nitrogens is 2. The fraction of sp³-hybridized carbons (Fsp3) is 0.471. The van der Waals surface area contributed by atoms with Crippen LogP contribution < -0.4 is 4.90 Å².